The molecule has 0 atom stereocenters. The third-order valence-corrected chi connectivity index (χ3v) is 2.88. The Morgan fingerprint density at radius 2 is 1.85 bits per heavy atom. The highest BCUT2D eigenvalue weighted by molar-refractivity contribution is 5.36. The van der Waals surface area contributed by atoms with Crippen molar-refractivity contribution in [3.8, 4) is 12.3 Å². The molecule has 0 radical (unpaired) electrons. The van der Waals surface area contributed by atoms with Gasteiger partial charge in [0.25, 0.3) is 0 Å². The fourth-order valence-electron chi connectivity index (χ4n) is 1.82. The first kappa shape index (κ1) is 8.31. The summed E-state index contributed by atoms with van der Waals surface area (Å²) in [6, 6.07) is 6.56. The monoisotopic (exact) mass is 174 g/mol. The average Bonchev–Trinajstić information content (AvgIpc) is 2.07. The van der Waals surface area contributed by atoms with Gasteiger partial charge in [-0.05, 0) is 37.0 Å². The first-order valence-corrected chi connectivity index (χ1v) is 4.51. The van der Waals surface area contributed by atoms with Gasteiger partial charge in [-0.2, -0.15) is 0 Å². The lowest BCUT2D eigenvalue weighted by Gasteiger charge is -2.37. The second-order valence-corrected chi connectivity index (χ2v) is 3.59. The maximum atomic E-state index is 12.6. The van der Waals surface area contributed by atoms with Crippen molar-refractivity contribution in [3.05, 3.63) is 35.6 Å². The molecule has 1 aromatic carbocycles. The number of terminal acetylenes is 1. The van der Waals surface area contributed by atoms with E-state index in [-0.39, 0.29) is 11.2 Å². The minimum Gasteiger partial charge on any atom is -0.207 e. The smallest absolute Gasteiger partial charge is 0.123 e. The standard InChI is InChI=1S/C12H11F/c1-2-12(8-3-9-12)10-4-6-11(13)7-5-10/h1,4-7H,3,8-9H2. The van der Waals surface area contributed by atoms with Gasteiger partial charge in [0, 0.05) is 0 Å². The number of halogens is 1. The summed E-state index contributed by atoms with van der Waals surface area (Å²) in [5, 5.41) is 0. The molecule has 1 fully saturated rings. The van der Waals surface area contributed by atoms with E-state index in [0.717, 1.165) is 18.4 Å². The van der Waals surface area contributed by atoms with E-state index in [2.05, 4.69) is 5.92 Å². The second-order valence-electron chi connectivity index (χ2n) is 3.59. The number of hydrogen-bond donors (Lipinski definition) is 0. The summed E-state index contributed by atoms with van der Waals surface area (Å²) in [5.74, 6) is 2.63. The van der Waals surface area contributed by atoms with Crippen LogP contribution in [-0.4, -0.2) is 0 Å². The Hall–Kier alpha value is -1.29. The Bertz CT molecular complexity index is 338. The van der Waals surface area contributed by atoms with Gasteiger partial charge in [-0.1, -0.05) is 18.1 Å². The van der Waals surface area contributed by atoms with E-state index in [0.29, 0.717) is 0 Å². The summed E-state index contributed by atoms with van der Waals surface area (Å²) >= 11 is 0. The van der Waals surface area contributed by atoms with Gasteiger partial charge in [0.15, 0.2) is 0 Å². The van der Waals surface area contributed by atoms with E-state index >= 15 is 0 Å². The minimum absolute atomic E-state index is 0.0896. The van der Waals surface area contributed by atoms with Crippen molar-refractivity contribution < 1.29 is 4.39 Å². The molecule has 1 aliphatic rings. The summed E-state index contributed by atoms with van der Waals surface area (Å²) in [6.07, 6.45) is 8.75. The maximum Gasteiger partial charge on any atom is 0.123 e. The molecule has 1 saturated carbocycles. The third kappa shape index (κ3) is 1.23. The summed E-state index contributed by atoms with van der Waals surface area (Å²) in [6.45, 7) is 0. The van der Waals surface area contributed by atoms with Crippen molar-refractivity contribution in [2.75, 3.05) is 0 Å². The Morgan fingerprint density at radius 3 is 2.23 bits per heavy atom. The van der Waals surface area contributed by atoms with Crippen LogP contribution in [0.5, 0.6) is 0 Å². The lowest BCUT2D eigenvalue weighted by molar-refractivity contribution is 0.328. The third-order valence-electron chi connectivity index (χ3n) is 2.88. The Kier molecular flexibility index (Phi) is 1.84. The van der Waals surface area contributed by atoms with Crippen molar-refractivity contribution in [3.63, 3.8) is 0 Å². The van der Waals surface area contributed by atoms with E-state index in [1.807, 2.05) is 0 Å². The summed E-state index contributed by atoms with van der Waals surface area (Å²) in [5.41, 5.74) is 0.996. The molecule has 0 bridgehead atoms. The van der Waals surface area contributed by atoms with E-state index < -0.39 is 0 Å². The molecule has 0 nitrogen and oxygen atoms in total. The minimum atomic E-state index is -0.199. The lowest BCUT2D eigenvalue weighted by Crippen LogP contribution is -2.32. The molecule has 0 spiro atoms. The van der Waals surface area contributed by atoms with Gasteiger partial charge in [0.1, 0.15) is 5.82 Å². The highest BCUT2D eigenvalue weighted by atomic mass is 19.1. The van der Waals surface area contributed by atoms with E-state index in [1.54, 1.807) is 12.1 Å². The van der Waals surface area contributed by atoms with Crippen LogP contribution in [0.2, 0.25) is 0 Å². The number of rotatable bonds is 1. The topological polar surface area (TPSA) is 0 Å². The zero-order valence-electron chi connectivity index (χ0n) is 7.39. The second kappa shape index (κ2) is 2.88. The van der Waals surface area contributed by atoms with Gasteiger partial charge in [0.05, 0.1) is 5.41 Å². The molecular formula is C12H11F. The van der Waals surface area contributed by atoms with E-state index in [4.69, 9.17) is 6.42 Å². The molecule has 1 heteroatoms. The lowest BCUT2D eigenvalue weighted by atomic mass is 9.65. The maximum absolute atomic E-state index is 12.6. The normalized spacial score (nSPS) is 18.8. The van der Waals surface area contributed by atoms with Crippen LogP contribution >= 0.6 is 0 Å². The van der Waals surface area contributed by atoms with Crippen molar-refractivity contribution in [2.24, 2.45) is 0 Å². The summed E-state index contributed by atoms with van der Waals surface area (Å²) in [4.78, 5) is 0. The summed E-state index contributed by atoms with van der Waals surface area (Å²) < 4.78 is 12.6. The molecule has 2 rings (SSSR count). The van der Waals surface area contributed by atoms with Gasteiger partial charge < -0.3 is 0 Å². The molecule has 0 saturated heterocycles. The molecular weight excluding hydrogens is 163 g/mol. The van der Waals surface area contributed by atoms with Crippen LogP contribution < -0.4 is 0 Å². The molecule has 1 aromatic rings. The first-order chi connectivity index (χ1) is 6.27. The molecule has 0 aliphatic heterocycles. The zero-order valence-corrected chi connectivity index (χ0v) is 7.39. The van der Waals surface area contributed by atoms with Crippen LogP contribution in [-0.2, 0) is 5.41 Å². The molecule has 13 heavy (non-hydrogen) atoms. The van der Waals surface area contributed by atoms with Crippen LogP contribution in [0.25, 0.3) is 0 Å². The fraction of sp³-hybridized carbons (Fsp3) is 0.333. The van der Waals surface area contributed by atoms with Gasteiger partial charge in [0.2, 0.25) is 0 Å². The zero-order chi connectivity index (χ0) is 9.31. The SMILES string of the molecule is C#CC1(c2ccc(F)cc2)CCC1. The Morgan fingerprint density at radius 1 is 1.23 bits per heavy atom. The Labute approximate surface area is 77.8 Å². The molecule has 0 aromatic heterocycles. The molecule has 0 unspecified atom stereocenters. The first-order valence-electron chi connectivity index (χ1n) is 4.51. The van der Waals surface area contributed by atoms with Crippen molar-refractivity contribution >= 4 is 0 Å². The van der Waals surface area contributed by atoms with Crippen LogP contribution in [0.15, 0.2) is 24.3 Å². The van der Waals surface area contributed by atoms with Crippen molar-refractivity contribution in [2.45, 2.75) is 24.7 Å². The average molecular weight is 174 g/mol. The highest BCUT2D eigenvalue weighted by Gasteiger charge is 2.36. The predicted octanol–water partition coefficient (Wildman–Crippen LogP) is 2.88. The molecule has 0 N–H and O–H groups in total. The molecule has 1 aliphatic carbocycles. The van der Waals surface area contributed by atoms with Crippen LogP contribution in [0.3, 0.4) is 0 Å². The largest absolute Gasteiger partial charge is 0.207 e. The molecule has 66 valence electrons. The Balaban J connectivity index is 2.35. The number of hydrogen-bond acceptors (Lipinski definition) is 0. The van der Waals surface area contributed by atoms with Crippen LogP contribution in [0, 0.1) is 18.2 Å². The summed E-state index contributed by atoms with van der Waals surface area (Å²) in [7, 11) is 0. The quantitative estimate of drug-likeness (QED) is 0.574. The molecule has 0 heterocycles. The van der Waals surface area contributed by atoms with Gasteiger partial charge in [-0.25, -0.2) is 4.39 Å². The van der Waals surface area contributed by atoms with Crippen molar-refractivity contribution in [1.29, 1.82) is 0 Å². The van der Waals surface area contributed by atoms with Crippen molar-refractivity contribution in [1.82, 2.24) is 0 Å². The van der Waals surface area contributed by atoms with Crippen LogP contribution in [0.1, 0.15) is 24.8 Å². The van der Waals surface area contributed by atoms with Gasteiger partial charge in [-0.15, -0.1) is 6.42 Å². The van der Waals surface area contributed by atoms with Crippen LogP contribution in [0.4, 0.5) is 4.39 Å². The highest BCUT2D eigenvalue weighted by Crippen LogP contribution is 2.42. The number of benzene rings is 1. The van der Waals surface area contributed by atoms with Gasteiger partial charge in [-0.3, -0.25) is 0 Å². The van der Waals surface area contributed by atoms with E-state index in [1.165, 1.54) is 18.6 Å². The van der Waals surface area contributed by atoms with Gasteiger partial charge >= 0.3 is 0 Å². The predicted molar refractivity (Wildman–Crippen MR) is 50.8 cm³/mol. The van der Waals surface area contributed by atoms with E-state index in [9.17, 15) is 4.39 Å². The molecule has 0 amide bonds. The fourth-order valence-corrected chi connectivity index (χ4v) is 1.82.